The van der Waals surface area contributed by atoms with Gasteiger partial charge in [0, 0.05) is 40.8 Å². The molecule has 20 heavy (non-hydrogen) atoms. The van der Waals surface area contributed by atoms with Crippen molar-refractivity contribution in [3.63, 3.8) is 0 Å². The van der Waals surface area contributed by atoms with Crippen molar-refractivity contribution in [2.45, 2.75) is 44.2 Å². The van der Waals surface area contributed by atoms with Crippen LogP contribution in [0.1, 0.15) is 32.8 Å². The van der Waals surface area contributed by atoms with Crippen LogP contribution in [0.15, 0.2) is 18.2 Å². The lowest BCUT2D eigenvalue weighted by Gasteiger charge is -2.37. The van der Waals surface area contributed by atoms with Crippen LogP contribution in [0.2, 0.25) is 5.02 Å². The SMILES string of the molecule is CCCNCc1cc(Cl)ccc1N1CC(C)SC(C)C1. The second kappa shape index (κ2) is 7.58. The molecule has 1 fully saturated rings. The Balaban J connectivity index is 2.16. The van der Waals surface area contributed by atoms with E-state index in [0.717, 1.165) is 37.6 Å². The van der Waals surface area contributed by atoms with Crippen LogP contribution in [0, 0.1) is 0 Å². The van der Waals surface area contributed by atoms with Crippen LogP contribution in [0.3, 0.4) is 0 Å². The van der Waals surface area contributed by atoms with Crippen molar-refractivity contribution >= 4 is 29.1 Å². The molecule has 1 N–H and O–H groups in total. The first kappa shape index (κ1) is 16.0. The molecule has 1 aromatic rings. The minimum absolute atomic E-state index is 0.686. The molecule has 2 nitrogen and oxygen atoms in total. The van der Waals surface area contributed by atoms with Gasteiger partial charge >= 0.3 is 0 Å². The summed E-state index contributed by atoms with van der Waals surface area (Å²) in [6, 6.07) is 6.30. The number of hydrogen-bond donors (Lipinski definition) is 1. The van der Waals surface area contributed by atoms with Crippen molar-refractivity contribution in [1.82, 2.24) is 5.32 Å². The predicted molar refractivity (Wildman–Crippen MR) is 92.2 cm³/mol. The third-order valence-corrected chi connectivity index (χ3v) is 5.01. The molecule has 1 aliphatic heterocycles. The van der Waals surface area contributed by atoms with Crippen LogP contribution in [0.25, 0.3) is 0 Å². The standard InChI is InChI=1S/C16H25ClN2S/c1-4-7-18-9-14-8-15(17)5-6-16(14)19-10-12(2)20-13(3)11-19/h5-6,8,12-13,18H,4,7,9-11H2,1-3H3. The smallest absolute Gasteiger partial charge is 0.0413 e. The highest BCUT2D eigenvalue weighted by Gasteiger charge is 2.23. The minimum Gasteiger partial charge on any atom is -0.369 e. The van der Waals surface area contributed by atoms with Crippen LogP contribution in [0.5, 0.6) is 0 Å². The Labute approximate surface area is 132 Å². The zero-order valence-corrected chi connectivity index (χ0v) is 14.2. The summed E-state index contributed by atoms with van der Waals surface area (Å²) >= 11 is 8.26. The molecule has 112 valence electrons. The van der Waals surface area contributed by atoms with E-state index in [-0.39, 0.29) is 0 Å². The molecule has 0 radical (unpaired) electrons. The van der Waals surface area contributed by atoms with Gasteiger partial charge in [-0.25, -0.2) is 0 Å². The molecule has 0 bridgehead atoms. The maximum Gasteiger partial charge on any atom is 0.0413 e. The summed E-state index contributed by atoms with van der Waals surface area (Å²) in [5.74, 6) is 0. The van der Waals surface area contributed by atoms with Gasteiger partial charge in [0.25, 0.3) is 0 Å². The van der Waals surface area contributed by atoms with Gasteiger partial charge in [0.05, 0.1) is 0 Å². The molecular formula is C16H25ClN2S. The van der Waals surface area contributed by atoms with E-state index >= 15 is 0 Å². The van der Waals surface area contributed by atoms with Gasteiger partial charge < -0.3 is 10.2 Å². The number of benzene rings is 1. The molecule has 0 aliphatic carbocycles. The average molecular weight is 313 g/mol. The molecule has 1 heterocycles. The summed E-state index contributed by atoms with van der Waals surface area (Å²) < 4.78 is 0. The molecule has 0 saturated carbocycles. The third kappa shape index (κ3) is 4.31. The molecule has 1 saturated heterocycles. The van der Waals surface area contributed by atoms with E-state index in [4.69, 9.17) is 11.6 Å². The molecule has 2 rings (SSSR count). The van der Waals surface area contributed by atoms with Crippen molar-refractivity contribution in [2.75, 3.05) is 24.5 Å². The van der Waals surface area contributed by atoms with E-state index in [1.54, 1.807) is 0 Å². The van der Waals surface area contributed by atoms with Crippen LogP contribution in [-0.2, 0) is 6.54 Å². The second-order valence-corrected chi connectivity index (χ2v) is 7.93. The zero-order valence-electron chi connectivity index (χ0n) is 12.7. The molecule has 2 atom stereocenters. The van der Waals surface area contributed by atoms with Crippen molar-refractivity contribution in [1.29, 1.82) is 0 Å². The van der Waals surface area contributed by atoms with Crippen molar-refractivity contribution in [2.24, 2.45) is 0 Å². The number of rotatable bonds is 5. The Bertz CT molecular complexity index is 428. The van der Waals surface area contributed by atoms with E-state index in [2.05, 4.69) is 54.9 Å². The van der Waals surface area contributed by atoms with E-state index < -0.39 is 0 Å². The fourth-order valence-electron chi connectivity index (χ4n) is 2.78. The van der Waals surface area contributed by atoms with Gasteiger partial charge in [-0.05, 0) is 36.7 Å². The number of hydrogen-bond acceptors (Lipinski definition) is 3. The summed E-state index contributed by atoms with van der Waals surface area (Å²) in [4.78, 5) is 2.52. The summed E-state index contributed by atoms with van der Waals surface area (Å²) in [6.07, 6.45) is 1.16. The van der Waals surface area contributed by atoms with Crippen molar-refractivity contribution in [3.8, 4) is 0 Å². The lowest BCUT2D eigenvalue weighted by Crippen LogP contribution is -2.41. The number of anilines is 1. The minimum atomic E-state index is 0.686. The van der Waals surface area contributed by atoms with Crippen LogP contribution < -0.4 is 10.2 Å². The first-order chi connectivity index (χ1) is 9.60. The molecule has 1 aliphatic rings. The van der Waals surface area contributed by atoms with Gasteiger partial charge in [-0.3, -0.25) is 0 Å². The van der Waals surface area contributed by atoms with Gasteiger partial charge in [-0.15, -0.1) is 0 Å². The highest BCUT2D eigenvalue weighted by atomic mass is 35.5. The monoisotopic (exact) mass is 312 g/mol. The third-order valence-electron chi connectivity index (χ3n) is 3.54. The summed E-state index contributed by atoms with van der Waals surface area (Å²) in [5, 5.41) is 5.69. The normalized spacial score (nSPS) is 23.1. The Kier molecular flexibility index (Phi) is 6.06. The number of thioether (sulfide) groups is 1. The summed E-state index contributed by atoms with van der Waals surface area (Å²) in [7, 11) is 0. The lowest BCUT2D eigenvalue weighted by atomic mass is 10.1. The highest BCUT2D eigenvalue weighted by molar-refractivity contribution is 8.00. The van der Waals surface area contributed by atoms with E-state index in [0.29, 0.717) is 10.5 Å². The predicted octanol–water partition coefficient (Wildman–Crippen LogP) is 4.17. The molecular weight excluding hydrogens is 288 g/mol. The number of halogens is 1. The number of nitrogens with one attached hydrogen (secondary N) is 1. The first-order valence-electron chi connectivity index (χ1n) is 7.49. The molecule has 1 aromatic carbocycles. The van der Waals surface area contributed by atoms with Gasteiger partial charge in [-0.1, -0.05) is 32.4 Å². The Morgan fingerprint density at radius 2 is 2.00 bits per heavy atom. The Hall–Kier alpha value is -0.380. The van der Waals surface area contributed by atoms with E-state index in [1.807, 2.05) is 6.07 Å². The quantitative estimate of drug-likeness (QED) is 0.822. The maximum atomic E-state index is 6.18. The van der Waals surface area contributed by atoms with Crippen molar-refractivity contribution < 1.29 is 0 Å². The second-order valence-electron chi connectivity index (χ2n) is 5.61. The van der Waals surface area contributed by atoms with Crippen molar-refractivity contribution in [3.05, 3.63) is 28.8 Å². The topological polar surface area (TPSA) is 15.3 Å². The van der Waals surface area contributed by atoms with Gasteiger partial charge in [0.1, 0.15) is 0 Å². The molecule has 4 heteroatoms. The largest absolute Gasteiger partial charge is 0.369 e. The molecule has 0 aromatic heterocycles. The maximum absolute atomic E-state index is 6.18. The van der Waals surface area contributed by atoms with E-state index in [1.165, 1.54) is 11.3 Å². The highest BCUT2D eigenvalue weighted by Crippen LogP contribution is 2.31. The average Bonchev–Trinajstić information content (AvgIpc) is 2.38. The Morgan fingerprint density at radius 1 is 1.30 bits per heavy atom. The van der Waals surface area contributed by atoms with Crippen LogP contribution in [-0.4, -0.2) is 30.1 Å². The lowest BCUT2D eigenvalue weighted by molar-refractivity contribution is 0.667. The van der Waals surface area contributed by atoms with Gasteiger partial charge in [-0.2, -0.15) is 11.8 Å². The molecule has 2 unspecified atom stereocenters. The van der Waals surface area contributed by atoms with Crippen LogP contribution in [0.4, 0.5) is 5.69 Å². The zero-order chi connectivity index (χ0) is 14.5. The summed E-state index contributed by atoms with van der Waals surface area (Å²) in [6.45, 7) is 11.0. The Morgan fingerprint density at radius 3 is 2.65 bits per heavy atom. The number of nitrogens with zero attached hydrogens (tertiary/aromatic N) is 1. The fourth-order valence-corrected chi connectivity index (χ4v) is 4.30. The van der Waals surface area contributed by atoms with E-state index in [9.17, 15) is 0 Å². The molecule has 0 amide bonds. The van der Waals surface area contributed by atoms with Gasteiger partial charge in [0.15, 0.2) is 0 Å². The van der Waals surface area contributed by atoms with Crippen LogP contribution >= 0.6 is 23.4 Å². The van der Waals surface area contributed by atoms with Gasteiger partial charge in [0.2, 0.25) is 0 Å². The fraction of sp³-hybridized carbons (Fsp3) is 0.625. The summed E-state index contributed by atoms with van der Waals surface area (Å²) in [5.41, 5.74) is 2.66. The molecule has 0 spiro atoms. The first-order valence-corrected chi connectivity index (χ1v) is 8.81.